The lowest BCUT2D eigenvalue weighted by molar-refractivity contribution is -0.362. The third kappa shape index (κ3) is 10.3. The largest absolute Gasteiger partial charge is 0.490 e. The molecule has 0 fully saturated rings. The maximum atomic E-state index is 11.7. The van der Waals surface area contributed by atoms with Gasteiger partial charge in [-0.1, -0.05) is 38.1 Å². The van der Waals surface area contributed by atoms with E-state index in [0.29, 0.717) is 11.5 Å². The summed E-state index contributed by atoms with van der Waals surface area (Å²) in [5, 5.41) is 0. The van der Waals surface area contributed by atoms with E-state index in [1.165, 1.54) is 0 Å². The highest BCUT2D eigenvalue weighted by atomic mass is 35.5. The average molecular weight is 566 g/mol. The highest BCUT2D eigenvalue weighted by Crippen LogP contribution is 2.33. The van der Waals surface area contributed by atoms with Crippen molar-refractivity contribution in [3.05, 3.63) is 66.6 Å². The molecule has 6 N–H and O–H groups in total. The van der Waals surface area contributed by atoms with Crippen LogP contribution in [0.3, 0.4) is 0 Å². The monoisotopic (exact) mass is 565 g/mol. The van der Waals surface area contributed by atoms with Gasteiger partial charge in [0.1, 0.15) is 37.4 Å². The fourth-order valence-corrected chi connectivity index (χ4v) is 3.61. The molecular formula is C28H38ClN2O8+3. The number of hydrogen-bond donors (Lipinski definition) is 2. The number of benzene rings is 2. The molecule has 11 heteroatoms. The standard InChI is InChI=1S/C28H36ClN2O8/c1-4-25(32)38-23(13-29)16-35-21-9-5-19(6-10-21)28(2,3)20-7-11-22(12-8-20)36-17-24(39-27(34)15-31)18-37-26(33)14-30/h5-12,23-24H,1,4,13-18,30-31H2,2-3H3/q+1/p+2. The van der Waals surface area contributed by atoms with Crippen molar-refractivity contribution < 1.29 is 49.5 Å². The van der Waals surface area contributed by atoms with Gasteiger partial charge in [0.15, 0.2) is 25.6 Å². The topological polar surface area (TPSA) is 153 Å². The van der Waals surface area contributed by atoms with Crippen molar-refractivity contribution in [2.24, 2.45) is 0 Å². The molecule has 0 aliphatic carbocycles. The summed E-state index contributed by atoms with van der Waals surface area (Å²) in [6.07, 6.45) is -1.28. The van der Waals surface area contributed by atoms with Crippen LogP contribution in [-0.4, -0.2) is 68.9 Å². The summed E-state index contributed by atoms with van der Waals surface area (Å²) in [6.45, 7) is 7.67. The normalized spacial score (nSPS) is 12.6. The first-order valence-electron chi connectivity index (χ1n) is 12.6. The molecule has 0 spiro atoms. The molecule has 2 unspecified atom stereocenters. The molecule has 212 valence electrons. The Balaban J connectivity index is 1.99. The number of ether oxygens (including phenoxy) is 5. The predicted molar refractivity (Wildman–Crippen MR) is 143 cm³/mol. The first-order chi connectivity index (χ1) is 18.6. The lowest BCUT2D eigenvalue weighted by Crippen LogP contribution is -2.56. The molecule has 10 nitrogen and oxygen atoms in total. The molecule has 2 aromatic rings. The molecule has 0 saturated carbocycles. The van der Waals surface area contributed by atoms with Gasteiger partial charge in [-0.15, -0.1) is 11.6 Å². The van der Waals surface area contributed by atoms with Crippen LogP contribution in [0, 0.1) is 6.92 Å². The van der Waals surface area contributed by atoms with Crippen LogP contribution in [0.15, 0.2) is 48.5 Å². The summed E-state index contributed by atoms with van der Waals surface area (Å²) in [4.78, 5) is 34.5. The van der Waals surface area contributed by atoms with Gasteiger partial charge in [-0.3, -0.25) is 0 Å². The SMILES string of the molecule is [CH2+]CC(=O)OC(CCl)COc1ccc(C(C)(C)c2ccc(OCC(COC(=O)C[NH3+])OC(=O)C[NH3+])cc2)cc1. The molecular weight excluding hydrogens is 528 g/mol. The van der Waals surface area contributed by atoms with Gasteiger partial charge in [0, 0.05) is 5.41 Å². The van der Waals surface area contributed by atoms with Crippen LogP contribution in [0.4, 0.5) is 0 Å². The Kier molecular flexibility index (Phi) is 12.9. The number of halogens is 1. The van der Waals surface area contributed by atoms with E-state index in [9.17, 15) is 14.4 Å². The Bertz CT molecular complexity index is 1060. The summed E-state index contributed by atoms with van der Waals surface area (Å²) in [6, 6.07) is 15.3. The molecule has 0 aliphatic rings. The molecule has 2 aromatic carbocycles. The first kappa shape index (κ1) is 31.7. The van der Waals surface area contributed by atoms with Crippen LogP contribution >= 0.6 is 11.6 Å². The van der Waals surface area contributed by atoms with Crippen LogP contribution in [0.25, 0.3) is 0 Å². The molecule has 0 heterocycles. The van der Waals surface area contributed by atoms with Gasteiger partial charge < -0.3 is 35.2 Å². The average Bonchev–Trinajstić information content (AvgIpc) is 2.96. The number of carbonyl (C=O) groups is 3. The van der Waals surface area contributed by atoms with E-state index in [4.69, 9.17) is 35.3 Å². The van der Waals surface area contributed by atoms with E-state index in [1.807, 2.05) is 48.5 Å². The zero-order chi connectivity index (χ0) is 28.8. The van der Waals surface area contributed by atoms with Gasteiger partial charge >= 0.3 is 17.9 Å². The van der Waals surface area contributed by atoms with Crippen molar-refractivity contribution >= 4 is 29.5 Å². The van der Waals surface area contributed by atoms with Crippen LogP contribution in [0.5, 0.6) is 11.5 Å². The molecule has 0 saturated heterocycles. The Labute approximate surface area is 233 Å². The third-order valence-electron chi connectivity index (χ3n) is 5.83. The minimum Gasteiger partial charge on any atom is -0.490 e. The van der Waals surface area contributed by atoms with Crippen molar-refractivity contribution in [2.75, 3.05) is 38.8 Å². The van der Waals surface area contributed by atoms with E-state index in [1.54, 1.807) is 0 Å². The van der Waals surface area contributed by atoms with Crippen LogP contribution in [0.1, 0.15) is 31.4 Å². The number of hydrogen-bond acceptors (Lipinski definition) is 8. The van der Waals surface area contributed by atoms with Crippen molar-refractivity contribution in [2.45, 2.75) is 37.9 Å². The molecule has 0 radical (unpaired) electrons. The van der Waals surface area contributed by atoms with E-state index in [2.05, 4.69) is 32.2 Å². The van der Waals surface area contributed by atoms with Gasteiger partial charge in [-0.2, -0.15) is 0 Å². The summed E-state index contributed by atoms with van der Waals surface area (Å²) < 4.78 is 27.0. The second kappa shape index (κ2) is 15.8. The summed E-state index contributed by atoms with van der Waals surface area (Å²) in [5.41, 5.74) is 8.75. The maximum Gasteiger partial charge on any atom is 0.362 e. The van der Waals surface area contributed by atoms with Gasteiger partial charge in [0.2, 0.25) is 0 Å². The quantitative estimate of drug-likeness (QED) is 0.133. The molecule has 0 aliphatic heterocycles. The van der Waals surface area contributed by atoms with E-state index in [0.717, 1.165) is 11.1 Å². The number of rotatable bonds is 16. The van der Waals surface area contributed by atoms with Crippen molar-refractivity contribution in [1.82, 2.24) is 0 Å². The molecule has 0 bridgehead atoms. The molecule has 2 rings (SSSR count). The number of quaternary nitrogens is 2. The second-order valence-corrected chi connectivity index (χ2v) is 9.42. The third-order valence-corrected chi connectivity index (χ3v) is 6.18. The van der Waals surface area contributed by atoms with Gasteiger partial charge in [-0.05, 0) is 35.4 Å². The minimum absolute atomic E-state index is 0.0134. The van der Waals surface area contributed by atoms with Crippen LogP contribution in [-0.2, 0) is 34.0 Å². The molecule has 0 amide bonds. The lowest BCUT2D eigenvalue weighted by Gasteiger charge is -2.27. The number of alkyl halides is 1. The van der Waals surface area contributed by atoms with E-state index in [-0.39, 0.29) is 50.6 Å². The second-order valence-electron chi connectivity index (χ2n) is 9.11. The Hall–Kier alpha value is -3.47. The summed E-state index contributed by atoms with van der Waals surface area (Å²) in [5.74, 6) is -0.0984. The van der Waals surface area contributed by atoms with Gasteiger partial charge in [-0.25, -0.2) is 14.4 Å². The van der Waals surface area contributed by atoms with Crippen molar-refractivity contribution in [1.29, 1.82) is 0 Å². The lowest BCUT2D eigenvalue weighted by atomic mass is 9.78. The predicted octanol–water partition coefficient (Wildman–Crippen LogP) is 1.08. The number of esters is 3. The molecule has 0 aromatic heterocycles. The van der Waals surface area contributed by atoms with E-state index >= 15 is 0 Å². The van der Waals surface area contributed by atoms with Crippen molar-refractivity contribution in [3.63, 3.8) is 0 Å². The molecule has 39 heavy (non-hydrogen) atoms. The summed E-state index contributed by atoms with van der Waals surface area (Å²) >= 11 is 5.86. The Morgan fingerprint density at radius 2 is 1.23 bits per heavy atom. The zero-order valence-corrected chi connectivity index (χ0v) is 23.2. The van der Waals surface area contributed by atoms with Crippen LogP contribution in [0.2, 0.25) is 0 Å². The van der Waals surface area contributed by atoms with E-state index < -0.39 is 30.1 Å². The smallest absolute Gasteiger partial charge is 0.362 e. The Morgan fingerprint density at radius 1 is 0.769 bits per heavy atom. The highest BCUT2D eigenvalue weighted by molar-refractivity contribution is 6.18. The van der Waals surface area contributed by atoms with Gasteiger partial charge in [0.25, 0.3) is 0 Å². The first-order valence-corrected chi connectivity index (χ1v) is 13.1. The minimum atomic E-state index is -0.762. The fourth-order valence-electron chi connectivity index (χ4n) is 3.45. The maximum absolute atomic E-state index is 11.7. The van der Waals surface area contributed by atoms with Crippen LogP contribution < -0.4 is 20.9 Å². The highest BCUT2D eigenvalue weighted by Gasteiger charge is 2.24. The van der Waals surface area contributed by atoms with Gasteiger partial charge in [0.05, 0.1) is 12.8 Å². The zero-order valence-electron chi connectivity index (χ0n) is 22.5. The Morgan fingerprint density at radius 3 is 1.67 bits per heavy atom. The number of carbonyl (C=O) groups excluding carboxylic acids is 3. The van der Waals surface area contributed by atoms with Crippen molar-refractivity contribution in [3.8, 4) is 11.5 Å². The molecule has 2 atom stereocenters. The summed E-state index contributed by atoms with van der Waals surface area (Å²) in [7, 11) is 0. The fraction of sp³-hybridized carbons (Fsp3) is 0.429.